The molecule has 2 aromatic carbocycles. The lowest BCUT2D eigenvalue weighted by atomic mass is 10.0. The zero-order valence-corrected chi connectivity index (χ0v) is 29.8. The fourth-order valence-electron chi connectivity index (χ4n) is 4.88. The number of rotatable bonds is 17. The summed E-state index contributed by atoms with van der Waals surface area (Å²) >= 11 is 0. The third kappa shape index (κ3) is 11.7. The maximum atomic E-state index is 13.5. The maximum Gasteiger partial charge on any atom is 0.308 e. The zero-order valence-electron chi connectivity index (χ0n) is 29.8. The van der Waals surface area contributed by atoms with Gasteiger partial charge < -0.3 is 30.2 Å². The Bertz CT molecular complexity index is 1610. The number of ketones is 1. The van der Waals surface area contributed by atoms with Crippen LogP contribution in [0.4, 0.5) is 0 Å². The van der Waals surface area contributed by atoms with E-state index < -0.39 is 60.3 Å². The lowest BCUT2D eigenvalue weighted by Gasteiger charge is -2.25. The van der Waals surface area contributed by atoms with E-state index in [0.29, 0.717) is 23.5 Å². The van der Waals surface area contributed by atoms with Crippen LogP contribution in [0.15, 0.2) is 48.5 Å². The van der Waals surface area contributed by atoms with Gasteiger partial charge in [0.05, 0.1) is 20.6 Å². The number of Topliss-reactive ketones (excluding diaryl/α,β-unsaturated/α-hetero) is 1. The highest BCUT2D eigenvalue weighted by Gasteiger charge is 2.31. The predicted molar refractivity (Wildman–Crippen MR) is 183 cm³/mol. The molecule has 50 heavy (non-hydrogen) atoms. The van der Waals surface area contributed by atoms with Crippen molar-refractivity contribution in [2.45, 2.75) is 91.1 Å². The molecule has 3 rings (SSSR count). The number of nitrogens with zero attached hydrogens (tertiary/aromatic N) is 4. The first-order chi connectivity index (χ1) is 23.6. The SMILES string of the molecule is COc1cccc(OC)c1-c1nnn(CC(=O)C(CC(=O)OC(C)(C)C)NC(=O)[C@H](C)NC(=O)[C@@H](NC(=O)CCc2ccccc2)C(C)C)n1. The van der Waals surface area contributed by atoms with Crippen LogP contribution in [0.2, 0.25) is 0 Å². The third-order valence-corrected chi connectivity index (χ3v) is 7.40. The summed E-state index contributed by atoms with van der Waals surface area (Å²) in [6.45, 7) is 9.56. The van der Waals surface area contributed by atoms with E-state index in [1.807, 2.05) is 30.3 Å². The van der Waals surface area contributed by atoms with Crippen molar-refractivity contribution in [3.63, 3.8) is 0 Å². The van der Waals surface area contributed by atoms with E-state index in [2.05, 4.69) is 31.4 Å². The molecule has 15 nitrogen and oxygen atoms in total. The number of hydrogen-bond donors (Lipinski definition) is 3. The Kier molecular flexibility index (Phi) is 14.0. The van der Waals surface area contributed by atoms with Crippen LogP contribution in [0.3, 0.4) is 0 Å². The highest BCUT2D eigenvalue weighted by Crippen LogP contribution is 2.35. The molecule has 0 aliphatic rings. The smallest absolute Gasteiger partial charge is 0.308 e. The molecule has 0 saturated heterocycles. The Balaban J connectivity index is 1.71. The standard InChI is InChI=1S/C35H47N7O8/c1-21(2)31(38-28(44)18-17-23-13-10-9-11-14-23)34(47)36-22(3)33(46)37-24(19-29(45)50-35(4,5)6)25(43)20-42-40-32(39-41-42)30-26(48-7)15-12-16-27(30)49-8/h9-16,21-22,24,31H,17-20H2,1-8H3,(H,36,47)(H,37,46)(H,38,44)/t22-,24?,31-/m0/s1. The van der Waals surface area contributed by atoms with Crippen LogP contribution in [-0.4, -0.2) is 87.6 Å². The summed E-state index contributed by atoms with van der Waals surface area (Å²) in [5.74, 6) is -2.27. The number of aromatic nitrogens is 4. The minimum Gasteiger partial charge on any atom is -0.496 e. The summed E-state index contributed by atoms with van der Waals surface area (Å²) in [6.07, 6.45) is 0.196. The van der Waals surface area contributed by atoms with Crippen LogP contribution >= 0.6 is 0 Å². The number of carbonyl (C=O) groups excluding carboxylic acids is 5. The van der Waals surface area contributed by atoms with Gasteiger partial charge >= 0.3 is 5.97 Å². The Morgan fingerprint density at radius 2 is 1.48 bits per heavy atom. The Morgan fingerprint density at radius 1 is 0.840 bits per heavy atom. The Labute approximate surface area is 291 Å². The van der Waals surface area contributed by atoms with Crippen molar-refractivity contribution in [3.05, 3.63) is 54.1 Å². The molecular weight excluding hydrogens is 646 g/mol. The van der Waals surface area contributed by atoms with Crippen molar-refractivity contribution in [2.75, 3.05) is 14.2 Å². The quantitative estimate of drug-likeness (QED) is 0.176. The van der Waals surface area contributed by atoms with E-state index in [0.717, 1.165) is 10.4 Å². The van der Waals surface area contributed by atoms with Crippen LogP contribution < -0.4 is 25.4 Å². The molecule has 3 aromatic rings. The number of esters is 1. The Morgan fingerprint density at radius 3 is 2.06 bits per heavy atom. The van der Waals surface area contributed by atoms with Gasteiger partial charge in [-0.15, -0.1) is 10.2 Å². The van der Waals surface area contributed by atoms with Gasteiger partial charge in [0.1, 0.15) is 47.3 Å². The monoisotopic (exact) mass is 693 g/mol. The summed E-state index contributed by atoms with van der Waals surface area (Å²) in [4.78, 5) is 66.6. The number of ether oxygens (including phenoxy) is 3. The molecule has 1 unspecified atom stereocenters. The molecule has 3 amide bonds. The van der Waals surface area contributed by atoms with Gasteiger partial charge in [-0.05, 0) is 62.9 Å². The second kappa shape index (κ2) is 17.9. The number of benzene rings is 2. The minimum absolute atomic E-state index is 0.128. The molecule has 0 aliphatic carbocycles. The molecule has 0 bridgehead atoms. The van der Waals surface area contributed by atoms with Gasteiger partial charge in [-0.3, -0.25) is 24.0 Å². The van der Waals surface area contributed by atoms with E-state index >= 15 is 0 Å². The topological polar surface area (TPSA) is 193 Å². The lowest BCUT2D eigenvalue weighted by molar-refractivity contribution is -0.156. The molecule has 270 valence electrons. The average molecular weight is 694 g/mol. The second-order valence-electron chi connectivity index (χ2n) is 13.0. The molecular formula is C35H47N7O8. The molecule has 0 saturated carbocycles. The van der Waals surface area contributed by atoms with E-state index in [4.69, 9.17) is 14.2 Å². The van der Waals surface area contributed by atoms with Crippen LogP contribution in [0, 0.1) is 5.92 Å². The Hall–Kier alpha value is -5.34. The van der Waals surface area contributed by atoms with Gasteiger partial charge in [-0.25, -0.2) is 0 Å². The molecule has 0 spiro atoms. The number of aryl methyl sites for hydroxylation is 1. The summed E-state index contributed by atoms with van der Waals surface area (Å²) in [5.41, 5.74) is 0.570. The van der Waals surface area contributed by atoms with Crippen LogP contribution in [0.5, 0.6) is 11.5 Å². The molecule has 15 heteroatoms. The van der Waals surface area contributed by atoms with Crippen molar-refractivity contribution in [1.29, 1.82) is 0 Å². The van der Waals surface area contributed by atoms with Gasteiger partial charge in [-0.2, -0.15) is 4.80 Å². The second-order valence-corrected chi connectivity index (χ2v) is 13.0. The van der Waals surface area contributed by atoms with Crippen LogP contribution in [0.1, 0.15) is 59.9 Å². The van der Waals surface area contributed by atoms with Gasteiger partial charge in [-0.1, -0.05) is 50.2 Å². The van der Waals surface area contributed by atoms with E-state index in [1.165, 1.54) is 21.1 Å². The number of carbonyl (C=O) groups is 5. The van der Waals surface area contributed by atoms with Gasteiger partial charge in [0.25, 0.3) is 0 Å². The minimum atomic E-state index is -1.36. The van der Waals surface area contributed by atoms with Crippen LogP contribution in [0.25, 0.3) is 11.4 Å². The largest absolute Gasteiger partial charge is 0.496 e. The van der Waals surface area contributed by atoms with E-state index in [9.17, 15) is 24.0 Å². The summed E-state index contributed by atoms with van der Waals surface area (Å²) in [5, 5.41) is 20.2. The number of amides is 3. The molecule has 1 aromatic heterocycles. The fraction of sp³-hybridized carbons (Fsp3) is 0.486. The van der Waals surface area contributed by atoms with Crippen LogP contribution in [-0.2, 0) is 41.7 Å². The van der Waals surface area contributed by atoms with Crippen molar-refractivity contribution in [3.8, 4) is 22.9 Å². The first-order valence-electron chi connectivity index (χ1n) is 16.3. The summed E-state index contributed by atoms with van der Waals surface area (Å²) < 4.78 is 16.2. The molecule has 0 aliphatic heterocycles. The third-order valence-electron chi connectivity index (χ3n) is 7.40. The normalized spacial score (nSPS) is 13.1. The average Bonchev–Trinajstić information content (AvgIpc) is 3.52. The van der Waals surface area contributed by atoms with Gasteiger partial charge in [0.15, 0.2) is 5.78 Å². The van der Waals surface area contributed by atoms with Crippen molar-refractivity contribution >= 4 is 29.5 Å². The predicted octanol–water partition coefficient (Wildman–Crippen LogP) is 2.42. The zero-order chi connectivity index (χ0) is 37.0. The molecule has 3 atom stereocenters. The van der Waals surface area contributed by atoms with E-state index in [-0.39, 0.29) is 24.1 Å². The van der Waals surface area contributed by atoms with E-state index in [1.54, 1.807) is 52.8 Å². The summed E-state index contributed by atoms with van der Waals surface area (Å²) in [7, 11) is 2.96. The number of nitrogens with one attached hydrogen (secondary N) is 3. The van der Waals surface area contributed by atoms with Crippen molar-refractivity contribution in [1.82, 2.24) is 36.2 Å². The maximum absolute atomic E-state index is 13.5. The highest BCUT2D eigenvalue weighted by molar-refractivity contribution is 5.95. The first-order valence-corrected chi connectivity index (χ1v) is 16.3. The summed E-state index contributed by atoms with van der Waals surface area (Å²) in [6, 6.07) is 11.2. The molecule has 3 N–H and O–H groups in total. The van der Waals surface area contributed by atoms with Gasteiger partial charge in [0.2, 0.25) is 23.5 Å². The molecule has 0 radical (unpaired) electrons. The van der Waals surface area contributed by atoms with Gasteiger partial charge in [0, 0.05) is 6.42 Å². The molecule has 0 fully saturated rings. The number of tetrazole rings is 1. The van der Waals surface area contributed by atoms with Crippen molar-refractivity contribution in [2.24, 2.45) is 5.92 Å². The number of hydrogen-bond acceptors (Lipinski definition) is 11. The first kappa shape index (κ1) is 39.1. The van der Waals surface area contributed by atoms with Crippen molar-refractivity contribution < 1.29 is 38.2 Å². The fourth-order valence-corrected chi connectivity index (χ4v) is 4.88. The highest BCUT2D eigenvalue weighted by atomic mass is 16.6. The number of methoxy groups -OCH3 is 2. The lowest BCUT2D eigenvalue weighted by Crippen LogP contribution is -2.56. The molecule has 1 heterocycles.